The van der Waals surface area contributed by atoms with Crippen LogP contribution < -0.4 is 5.01 Å². The molecule has 0 aliphatic carbocycles. The number of rotatable bonds is 3. The Labute approximate surface area is 168 Å². The first-order valence-electron chi connectivity index (χ1n) is 9.59. The highest BCUT2D eigenvalue weighted by Gasteiger charge is 2.10. The van der Waals surface area contributed by atoms with E-state index in [1.165, 1.54) is 21.8 Å². The van der Waals surface area contributed by atoms with Crippen molar-refractivity contribution in [3.63, 3.8) is 0 Å². The molecule has 5 rings (SSSR count). The lowest BCUT2D eigenvalue weighted by Gasteiger charge is -2.15. The van der Waals surface area contributed by atoms with Gasteiger partial charge in [0.05, 0.1) is 16.9 Å². The molecule has 3 aromatic carbocycles. The summed E-state index contributed by atoms with van der Waals surface area (Å²) in [7, 11) is 5.97. The van der Waals surface area contributed by atoms with Crippen LogP contribution in [0.25, 0.3) is 32.8 Å². The third-order valence-corrected chi connectivity index (χ3v) is 5.60. The van der Waals surface area contributed by atoms with Crippen molar-refractivity contribution in [2.75, 3.05) is 12.1 Å². The highest BCUT2D eigenvalue weighted by atomic mass is 15.4. The number of nitrogens with zero attached hydrogens (tertiary/aromatic N) is 6. The van der Waals surface area contributed by atoms with Crippen LogP contribution in [0.15, 0.2) is 65.8 Å². The fourth-order valence-electron chi connectivity index (χ4n) is 3.95. The molecule has 0 saturated carbocycles. The fourth-order valence-corrected chi connectivity index (χ4v) is 3.95. The average molecular weight is 382 g/mol. The third-order valence-electron chi connectivity index (χ3n) is 5.60. The summed E-state index contributed by atoms with van der Waals surface area (Å²) >= 11 is 0. The average Bonchev–Trinajstić information content (AvgIpc) is 3.25. The maximum atomic E-state index is 4.83. The molecule has 0 amide bonds. The third kappa shape index (κ3) is 2.76. The lowest BCUT2D eigenvalue weighted by atomic mass is 10.1. The summed E-state index contributed by atoms with van der Waals surface area (Å²) in [6.07, 6.45) is 0. The van der Waals surface area contributed by atoms with Crippen molar-refractivity contribution in [3.8, 4) is 0 Å². The molecule has 0 aliphatic rings. The van der Waals surface area contributed by atoms with E-state index in [1.807, 2.05) is 38.2 Å². The topological polar surface area (TPSA) is 51.2 Å². The number of aromatic nitrogens is 4. The number of benzene rings is 3. The highest BCUT2D eigenvalue weighted by molar-refractivity contribution is 6.11. The van der Waals surface area contributed by atoms with Gasteiger partial charge in [0.25, 0.3) is 0 Å². The second-order valence-electron chi connectivity index (χ2n) is 7.40. The zero-order valence-electron chi connectivity index (χ0n) is 17.0. The predicted octanol–water partition coefficient (Wildman–Crippen LogP) is 4.47. The second kappa shape index (κ2) is 6.44. The lowest BCUT2D eigenvalue weighted by Crippen LogP contribution is -2.12. The Kier molecular flexibility index (Phi) is 3.87. The molecule has 0 bridgehead atoms. The molecular formula is C23H22N6. The minimum absolute atomic E-state index is 0.881. The number of hydrogen-bond donors (Lipinski definition) is 0. The predicted molar refractivity (Wildman–Crippen MR) is 120 cm³/mol. The molecule has 0 saturated heterocycles. The van der Waals surface area contributed by atoms with E-state index in [0.717, 1.165) is 28.0 Å². The largest absolute Gasteiger partial charge is 0.344 e. The van der Waals surface area contributed by atoms with Crippen LogP contribution >= 0.6 is 0 Å². The van der Waals surface area contributed by atoms with Gasteiger partial charge in [-0.3, -0.25) is 5.01 Å². The summed E-state index contributed by atoms with van der Waals surface area (Å²) in [5.74, 6) is 0. The molecule has 144 valence electrons. The summed E-state index contributed by atoms with van der Waals surface area (Å²) < 4.78 is 4.02. The molecule has 6 nitrogen and oxygen atoms in total. The zero-order valence-corrected chi connectivity index (χ0v) is 17.0. The van der Waals surface area contributed by atoms with Crippen molar-refractivity contribution < 1.29 is 0 Å². The van der Waals surface area contributed by atoms with E-state index in [4.69, 9.17) is 5.10 Å². The van der Waals surface area contributed by atoms with Crippen LogP contribution in [0.5, 0.6) is 0 Å². The van der Waals surface area contributed by atoms with Gasteiger partial charge in [-0.15, -0.1) is 5.10 Å². The number of hydrogen-bond acceptors (Lipinski definition) is 4. The van der Waals surface area contributed by atoms with Gasteiger partial charge in [-0.25, -0.2) is 4.68 Å². The minimum atomic E-state index is 0.881. The van der Waals surface area contributed by atoms with E-state index in [1.54, 1.807) is 4.68 Å². The number of para-hydroxylation sites is 1. The SMILES string of the molecule is C/C(=N\N(C)c1ccc2nnn(C)c2c1)c1ccc2c(c1)c1ccccc1n2C. The van der Waals surface area contributed by atoms with Crippen LogP contribution in [-0.4, -0.2) is 32.3 Å². The Morgan fingerprint density at radius 3 is 2.55 bits per heavy atom. The fraction of sp³-hybridized carbons (Fsp3) is 0.174. The van der Waals surface area contributed by atoms with Gasteiger partial charge in [0.15, 0.2) is 0 Å². The smallest absolute Gasteiger partial charge is 0.113 e. The molecule has 0 unspecified atom stereocenters. The number of hydrazone groups is 1. The Morgan fingerprint density at radius 1 is 0.897 bits per heavy atom. The van der Waals surface area contributed by atoms with Crippen LogP contribution in [0.2, 0.25) is 0 Å². The molecule has 2 heterocycles. The Balaban J connectivity index is 1.55. The van der Waals surface area contributed by atoms with Gasteiger partial charge in [-0.05, 0) is 48.9 Å². The summed E-state index contributed by atoms with van der Waals surface area (Å²) in [5.41, 5.74) is 7.41. The summed E-state index contributed by atoms with van der Waals surface area (Å²) in [4.78, 5) is 0. The van der Waals surface area contributed by atoms with Crippen molar-refractivity contribution in [2.24, 2.45) is 19.2 Å². The van der Waals surface area contributed by atoms with E-state index < -0.39 is 0 Å². The minimum Gasteiger partial charge on any atom is -0.344 e. The molecule has 0 aliphatic heterocycles. The van der Waals surface area contributed by atoms with Crippen LogP contribution in [-0.2, 0) is 14.1 Å². The molecule has 2 aromatic heterocycles. The molecule has 0 radical (unpaired) electrons. The van der Waals surface area contributed by atoms with Crippen LogP contribution in [0.1, 0.15) is 12.5 Å². The number of anilines is 1. The first kappa shape index (κ1) is 17.4. The van der Waals surface area contributed by atoms with Gasteiger partial charge in [0.2, 0.25) is 0 Å². The van der Waals surface area contributed by atoms with Crippen molar-refractivity contribution in [3.05, 3.63) is 66.2 Å². The van der Waals surface area contributed by atoms with Gasteiger partial charge in [0.1, 0.15) is 5.52 Å². The second-order valence-corrected chi connectivity index (χ2v) is 7.40. The van der Waals surface area contributed by atoms with Gasteiger partial charge in [-0.2, -0.15) is 5.10 Å². The van der Waals surface area contributed by atoms with Crippen LogP contribution in [0, 0.1) is 0 Å². The molecule has 6 heteroatoms. The van der Waals surface area contributed by atoms with Crippen molar-refractivity contribution in [2.45, 2.75) is 6.92 Å². The van der Waals surface area contributed by atoms with E-state index in [9.17, 15) is 0 Å². The first-order chi connectivity index (χ1) is 14.0. The van der Waals surface area contributed by atoms with E-state index >= 15 is 0 Å². The lowest BCUT2D eigenvalue weighted by molar-refractivity contribution is 0.736. The molecule has 29 heavy (non-hydrogen) atoms. The van der Waals surface area contributed by atoms with Gasteiger partial charge in [0, 0.05) is 42.9 Å². The van der Waals surface area contributed by atoms with Crippen molar-refractivity contribution in [1.82, 2.24) is 19.6 Å². The van der Waals surface area contributed by atoms with Crippen molar-refractivity contribution >= 4 is 44.2 Å². The Morgan fingerprint density at radius 2 is 1.69 bits per heavy atom. The van der Waals surface area contributed by atoms with Gasteiger partial charge < -0.3 is 4.57 Å². The quantitative estimate of drug-likeness (QED) is 0.342. The molecule has 0 atom stereocenters. The van der Waals surface area contributed by atoms with E-state index in [2.05, 4.69) is 70.5 Å². The van der Waals surface area contributed by atoms with Gasteiger partial charge in [-0.1, -0.05) is 29.5 Å². The zero-order chi connectivity index (χ0) is 20.1. The normalized spacial score (nSPS) is 12.3. The highest BCUT2D eigenvalue weighted by Crippen LogP contribution is 2.29. The summed E-state index contributed by atoms with van der Waals surface area (Å²) in [6, 6.07) is 21.1. The Bertz CT molecular complexity index is 1410. The Hall–Kier alpha value is -3.67. The molecule has 0 spiro atoms. The summed E-state index contributed by atoms with van der Waals surface area (Å²) in [6.45, 7) is 2.05. The van der Waals surface area contributed by atoms with Crippen LogP contribution in [0.4, 0.5) is 5.69 Å². The molecule has 0 fully saturated rings. The van der Waals surface area contributed by atoms with Crippen LogP contribution in [0.3, 0.4) is 0 Å². The van der Waals surface area contributed by atoms with Crippen molar-refractivity contribution in [1.29, 1.82) is 0 Å². The monoisotopic (exact) mass is 382 g/mol. The molecule has 5 aromatic rings. The first-order valence-corrected chi connectivity index (χ1v) is 9.59. The molecule has 0 N–H and O–H groups in total. The number of fused-ring (bicyclic) bond motifs is 4. The summed E-state index contributed by atoms with van der Waals surface area (Å²) in [5, 5.41) is 17.4. The van der Waals surface area contributed by atoms with E-state index in [0.29, 0.717) is 0 Å². The van der Waals surface area contributed by atoms with E-state index in [-0.39, 0.29) is 0 Å². The maximum absolute atomic E-state index is 4.83. The van der Waals surface area contributed by atoms with Gasteiger partial charge >= 0.3 is 0 Å². The maximum Gasteiger partial charge on any atom is 0.113 e. The standard InChI is InChI=1S/C23H22N6/c1-15(25-28(3)17-10-11-20-23(14-17)29(4)26-24-20)16-9-12-22-19(13-16)18-7-5-6-8-21(18)27(22)2/h5-14H,1-4H3/b25-15+. The molecular weight excluding hydrogens is 360 g/mol. The number of aryl methyl sites for hydroxylation is 2.